The van der Waals surface area contributed by atoms with E-state index in [4.69, 9.17) is 0 Å². The van der Waals surface area contributed by atoms with Crippen molar-refractivity contribution in [3.8, 4) is 0 Å². The van der Waals surface area contributed by atoms with Gasteiger partial charge >= 0.3 is 0 Å². The van der Waals surface area contributed by atoms with Gasteiger partial charge < -0.3 is 15.6 Å². The standard InChI is InChI=1S/C18H26FN5O2S.HI/c1-2-20-18(22-8-10-24-9-3-11-27(24,25)26)21-7-6-14-13-23-17-5-4-15(19)12-16(14)17;/h4-5,12-13,23H,2-3,6-11H2,1H3,(H2,20,21,22);1H. The van der Waals surface area contributed by atoms with Gasteiger partial charge in [0.15, 0.2) is 5.96 Å². The first-order valence-electron chi connectivity index (χ1n) is 9.25. The Bertz CT molecular complexity index is 916. The first kappa shape index (κ1) is 22.9. The molecule has 1 aliphatic rings. The van der Waals surface area contributed by atoms with Crippen LogP contribution in [0, 0.1) is 5.82 Å². The van der Waals surface area contributed by atoms with Crippen LogP contribution in [0.15, 0.2) is 29.4 Å². The largest absolute Gasteiger partial charge is 0.361 e. The van der Waals surface area contributed by atoms with E-state index in [0.717, 1.165) is 16.5 Å². The van der Waals surface area contributed by atoms with Crippen molar-refractivity contribution in [3.63, 3.8) is 0 Å². The highest BCUT2D eigenvalue weighted by molar-refractivity contribution is 14.0. The number of nitrogens with zero attached hydrogens (tertiary/aromatic N) is 2. The van der Waals surface area contributed by atoms with Crippen LogP contribution >= 0.6 is 24.0 Å². The van der Waals surface area contributed by atoms with Crippen molar-refractivity contribution in [2.24, 2.45) is 4.99 Å². The van der Waals surface area contributed by atoms with Crippen LogP contribution in [-0.2, 0) is 16.4 Å². The average Bonchev–Trinajstić information content (AvgIpc) is 3.17. The Morgan fingerprint density at radius 3 is 2.89 bits per heavy atom. The van der Waals surface area contributed by atoms with Crippen LogP contribution < -0.4 is 10.6 Å². The topological polar surface area (TPSA) is 89.6 Å². The number of aliphatic imine (C=N–C) groups is 1. The number of aromatic amines is 1. The molecule has 0 spiro atoms. The molecule has 1 fully saturated rings. The third kappa shape index (κ3) is 5.80. The monoisotopic (exact) mass is 523 g/mol. The summed E-state index contributed by atoms with van der Waals surface area (Å²) in [5.41, 5.74) is 1.95. The van der Waals surface area contributed by atoms with Crippen LogP contribution in [0.4, 0.5) is 4.39 Å². The number of aromatic nitrogens is 1. The maximum Gasteiger partial charge on any atom is 0.214 e. The van der Waals surface area contributed by atoms with Gasteiger partial charge in [0.1, 0.15) is 5.82 Å². The number of hydrogen-bond donors (Lipinski definition) is 3. The summed E-state index contributed by atoms with van der Waals surface area (Å²) in [6, 6.07) is 4.72. The molecule has 0 unspecified atom stereocenters. The minimum Gasteiger partial charge on any atom is -0.361 e. The summed E-state index contributed by atoms with van der Waals surface area (Å²) in [7, 11) is -3.08. The Hall–Kier alpha value is -1.40. The lowest BCUT2D eigenvalue weighted by atomic mass is 10.1. The number of H-pyrrole nitrogens is 1. The van der Waals surface area contributed by atoms with Gasteiger partial charge in [0, 0.05) is 43.3 Å². The van der Waals surface area contributed by atoms with E-state index in [1.54, 1.807) is 6.07 Å². The number of hydrogen-bond acceptors (Lipinski definition) is 3. The molecule has 0 atom stereocenters. The highest BCUT2D eigenvalue weighted by Crippen LogP contribution is 2.19. The molecule has 2 aromatic rings. The summed E-state index contributed by atoms with van der Waals surface area (Å²) in [4.78, 5) is 7.61. The molecule has 28 heavy (non-hydrogen) atoms. The lowest BCUT2D eigenvalue weighted by molar-refractivity contribution is 0.452. The van der Waals surface area contributed by atoms with Crippen molar-refractivity contribution in [1.29, 1.82) is 0 Å². The zero-order chi connectivity index (χ0) is 19.3. The number of halogens is 2. The second kappa shape index (κ2) is 10.4. The molecule has 1 aromatic heterocycles. The van der Waals surface area contributed by atoms with Crippen molar-refractivity contribution < 1.29 is 12.8 Å². The number of benzene rings is 1. The molecule has 3 rings (SSSR count). The fourth-order valence-corrected chi connectivity index (χ4v) is 4.75. The van der Waals surface area contributed by atoms with Crippen LogP contribution in [0.2, 0.25) is 0 Å². The van der Waals surface area contributed by atoms with Gasteiger partial charge in [-0.15, -0.1) is 24.0 Å². The van der Waals surface area contributed by atoms with Gasteiger partial charge in [0.2, 0.25) is 10.0 Å². The third-order valence-electron chi connectivity index (χ3n) is 4.58. The van der Waals surface area contributed by atoms with Crippen molar-refractivity contribution in [2.75, 3.05) is 38.5 Å². The van der Waals surface area contributed by atoms with Gasteiger partial charge in [0.05, 0.1) is 12.3 Å². The zero-order valence-electron chi connectivity index (χ0n) is 15.9. The highest BCUT2D eigenvalue weighted by atomic mass is 127. The van der Waals surface area contributed by atoms with E-state index < -0.39 is 10.0 Å². The summed E-state index contributed by atoms with van der Waals surface area (Å²) in [6.45, 7) is 4.72. The van der Waals surface area contributed by atoms with E-state index in [1.165, 1.54) is 16.4 Å². The summed E-state index contributed by atoms with van der Waals surface area (Å²) in [5, 5.41) is 7.29. The van der Waals surface area contributed by atoms with Gasteiger partial charge in [0.25, 0.3) is 0 Å². The third-order valence-corrected chi connectivity index (χ3v) is 6.54. The summed E-state index contributed by atoms with van der Waals surface area (Å²) in [6.07, 6.45) is 3.30. The first-order chi connectivity index (χ1) is 13.0. The van der Waals surface area contributed by atoms with Gasteiger partial charge in [-0.3, -0.25) is 4.99 Å². The fraction of sp³-hybridized carbons (Fsp3) is 0.500. The molecule has 3 N–H and O–H groups in total. The smallest absolute Gasteiger partial charge is 0.214 e. The maximum atomic E-state index is 13.5. The molecular formula is C18H27FIN5O2S. The van der Waals surface area contributed by atoms with Gasteiger partial charge in [-0.1, -0.05) is 0 Å². The van der Waals surface area contributed by atoms with Crippen LogP contribution in [-0.4, -0.2) is 62.1 Å². The molecule has 0 saturated carbocycles. The average molecular weight is 523 g/mol. The van der Waals surface area contributed by atoms with Crippen molar-refractivity contribution >= 4 is 50.9 Å². The van der Waals surface area contributed by atoms with E-state index >= 15 is 0 Å². The molecule has 0 amide bonds. The summed E-state index contributed by atoms with van der Waals surface area (Å²) in [5.74, 6) is 0.642. The van der Waals surface area contributed by atoms with E-state index in [1.807, 2.05) is 13.1 Å². The molecule has 2 heterocycles. The molecule has 0 bridgehead atoms. The lowest BCUT2D eigenvalue weighted by Crippen LogP contribution is -2.39. The molecule has 1 aromatic carbocycles. The van der Waals surface area contributed by atoms with E-state index in [-0.39, 0.29) is 35.5 Å². The highest BCUT2D eigenvalue weighted by Gasteiger charge is 2.27. The Morgan fingerprint density at radius 1 is 1.36 bits per heavy atom. The Morgan fingerprint density at radius 2 is 2.18 bits per heavy atom. The van der Waals surface area contributed by atoms with E-state index in [0.29, 0.717) is 51.5 Å². The number of sulfonamides is 1. The summed E-state index contributed by atoms with van der Waals surface area (Å²) < 4.78 is 38.6. The number of fused-ring (bicyclic) bond motifs is 1. The number of guanidine groups is 1. The predicted molar refractivity (Wildman–Crippen MR) is 121 cm³/mol. The van der Waals surface area contributed by atoms with Crippen molar-refractivity contribution in [2.45, 2.75) is 19.8 Å². The molecular weight excluding hydrogens is 496 g/mol. The Labute approximate surface area is 182 Å². The van der Waals surface area contributed by atoms with Gasteiger partial charge in [-0.05, 0) is 43.5 Å². The van der Waals surface area contributed by atoms with Crippen LogP contribution in [0.1, 0.15) is 18.9 Å². The van der Waals surface area contributed by atoms with Crippen LogP contribution in [0.3, 0.4) is 0 Å². The quantitative estimate of drug-likeness (QED) is 0.295. The van der Waals surface area contributed by atoms with Gasteiger partial charge in [-0.25, -0.2) is 17.1 Å². The molecule has 1 saturated heterocycles. The maximum absolute atomic E-state index is 13.5. The normalized spacial score (nSPS) is 16.9. The molecule has 10 heteroatoms. The Balaban J connectivity index is 0.00000280. The minimum atomic E-state index is -3.08. The fourth-order valence-electron chi connectivity index (χ4n) is 3.23. The number of nitrogens with one attached hydrogen (secondary N) is 3. The van der Waals surface area contributed by atoms with Gasteiger partial charge in [-0.2, -0.15) is 0 Å². The van der Waals surface area contributed by atoms with Crippen molar-refractivity contribution in [3.05, 3.63) is 35.8 Å². The second-order valence-electron chi connectivity index (χ2n) is 6.51. The lowest BCUT2D eigenvalue weighted by Gasteiger charge is -2.14. The molecule has 0 radical (unpaired) electrons. The predicted octanol–water partition coefficient (Wildman–Crippen LogP) is 2.06. The molecule has 0 aliphatic carbocycles. The van der Waals surface area contributed by atoms with E-state index in [9.17, 15) is 12.8 Å². The molecule has 156 valence electrons. The molecule has 7 nitrogen and oxygen atoms in total. The van der Waals surface area contributed by atoms with Crippen LogP contribution in [0.25, 0.3) is 10.9 Å². The van der Waals surface area contributed by atoms with Crippen molar-refractivity contribution in [1.82, 2.24) is 19.9 Å². The van der Waals surface area contributed by atoms with Crippen LogP contribution in [0.5, 0.6) is 0 Å². The second-order valence-corrected chi connectivity index (χ2v) is 8.60. The first-order valence-corrected chi connectivity index (χ1v) is 10.9. The number of rotatable bonds is 7. The molecule has 1 aliphatic heterocycles. The van der Waals surface area contributed by atoms with E-state index in [2.05, 4.69) is 20.6 Å². The summed E-state index contributed by atoms with van der Waals surface area (Å²) >= 11 is 0. The minimum absolute atomic E-state index is 0. The SMILES string of the molecule is CCNC(=NCCN1CCCS1(=O)=O)NCCc1c[nH]c2ccc(F)cc12.I. The Kier molecular flexibility index (Phi) is 8.50. The zero-order valence-corrected chi connectivity index (χ0v) is 19.0.